The van der Waals surface area contributed by atoms with Crippen LogP contribution < -0.4 is 4.74 Å². The molecule has 0 saturated carbocycles. The van der Waals surface area contributed by atoms with Crippen LogP contribution in [0.4, 0.5) is 4.39 Å². The average molecular weight is 153 g/mol. The van der Waals surface area contributed by atoms with Crippen LogP contribution in [0.25, 0.3) is 0 Å². The largest absolute Gasteiger partial charge is 0.494 e. The lowest BCUT2D eigenvalue weighted by atomic mass is 10.1. The Morgan fingerprint density at radius 2 is 2.27 bits per heavy atom. The molecule has 0 atom stereocenters. The maximum atomic E-state index is 12.8. The Kier molecular flexibility index (Phi) is 2.47. The summed E-state index contributed by atoms with van der Waals surface area (Å²) in [6, 6.07) is 4.74. The second-order valence-electron chi connectivity index (χ2n) is 2.22. The third-order valence-corrected chi connectivity index (χ3v) is 1.50. The summed E-state index contributed by atoms with van der Waals surface area (Å²) < 4.78 is 17.5. The van der Waals surface area contributed by atoms with Crippen LogP contribution in [0.5, 0.6) is 5.75 Å². The first kappa shape index (κ1) is 8.05. The lowest BCUT2D eigenvalue weighted by molar-refractivity contribution is 0.386. The van der Waals surface area contributed by atoms with E-state index in [-0.39, 0.29) is 11.6 Å². The van der Waals surface area contributed by atoms with Gasteiger partial charge in [-0.2, -0.15) is 0 Å². The number of benzene rings is 1. The minimum atomic E-state index is -0.329. The van der Waals surface area contributed by atoms with Crippen molar-refractivity contribution in [3.8, 4) is 5.75 Å². The zero-order valence-electron chi connectivity index (χ0n) is 6.43. The van der Waals surface area contributed by atoms with Crippen molar-refractivity contribution in [1.29, 1.82) is 0 Å². The highest BCUT2D eigenvalue weighted by Gasteiger charge is 2.00. The third-order valence-electron chi connectivity index (χ3n) is 1.50. The average Bonchev–Trinajstić information content (AvgIpc) is 2.05. The fourth-order valence-corrected chi connectivity index (χ4v) is 0.860. The predicted molar refractivity (Wildman–Crippen MR) is 42.0 cm³/mol. The molecule has 0 amide bonds. The third kappa shape index (κ3) is 1.70. The number of ether oxygens (including phenoxy) is 1. The Morgan fingerprint density at radius 1 is 1.55 bits per heavy atom. The van der Waals surface area contributed by atoms with Gasteiger partial charge in [-0.1, -0.05) is 6.07 Å². The van der Waals surface area contributed by atoms with Gasteiger partial charge in [0.2, 0.25) is 0 Å². The maximum absolute atomic E-state index is 12.8. The van der Waals surface area contributed by atoms with Gasteiger partial charge in [0.1, 0.15) is 0 Å². The van der Waals surface area contributed by atoms with Gasteiger partial charge in [0.05, 0.1) is 7.11 Å². The Labute approximate surface area is 65.8 Å². The van der Waals surface area contributed by atoms with Gasteiger partial charge in [-0.25, -0.2) is 4.39 Å². The van der Waals surface area contributed by atoms with Crippen molar-refractivity contribution >= 4 is 0 Å². The molecule has 2 heteroatoms. The standard InChI is InChI=1S/C9H10FO/c1-3-7-4-5-8(10)9(6-7)11-2/h4-6H,1,3H2,2H3. The smallest absolute Gasteiger partial charge is 0.165 e. The molecule has 0 N–H and O–H groups in total. The molecule has 0 bridgehead atoms. The SMILES string of the molecule is [CH2]Cc1ccc(F)c(OC)c1. The van der Waals surface area contributed by atoms with E-state index >= 15 is 0 Å². The first-order chi connectivity index (χ1) is 5.27. The van der Waals surface area contributed by atoms with E-state index in [2.05, 4.69) is 6.92 Å². The van der Waals surface area contributed by atoms with Crippen molar-refractivity contribution in [1.82, 2.24) is 0 Å². The minimum absolute atomic E-state index is 0.283. The lowest BCUT2D eigenvalue weighted by Crippen LogP contribution is -1.89. The molecule has 0 aliphatic carbocycles. The van der Waals surface area contributed by atoms with E-state index in [1.54, 1.807) is 12.1 Å². The summed E-state index contributed by atoms with van der Waals surface area (Å²) in [5.41, 5.74) is 0.975. The lowest BCUT2D eigenvalue weighted by Gasteiger charge is -2.02. The van der Waals surface area contributed by atoms with Crippen molar-refractivity contribution < 1.29 is 9.13 Å². The Balaban J connectivity index is 3.02. The van der Waals surface area contributed by atoms with Crippen LogP contribution in [0.2, 0.25) is 0 Å². The molecule has 0 fully saturated rings. The summed E-state index contributed by atoms with van der Waals surface area (Å²) in [6.45, 7) is 3.68. The summed E-state index contributed by atoms with van der Waals surface area (Å²) in [6.07, 6.45) is 0.649. The minimum Gasteiger partial charge on any atom is -0.494 e. The van der Waals surface area contributed by atoms with Crippen molar-refractivity contribution in [2.45, 2.75) is 6.42 Å². The molecular formula is C9H10FO. The van der Waals surface area contributed by atoms with Crippen molar-refractivity contribution in [3.63, 3.8) is 0 Å². The van der Waals surface area contributed by atoms with E-state index in [4.69, 9.17) is 4.74 Å². The molecule has 1 aromatic rings. The molecule has 0 heterocycles. The molecule has 0 saturated heterocycles. The summed E-state index contributed by atoms with van der Waals surface area (Å²) in [4.78, 5) is 0. The van der Waals surface area contributed by atoms with Crippen molar-refractivity contribution in [2.75, 3.05) is 7.11 Å². The topological polar surface area (TPSA) is 9.23 Å². The summed E-state index contributed by atoms with van der Waals surface area (Å²) in [5.74, 6) is -0.0455. The van der Waals surface area contributed by atoms with E-state index in [1.807, 2.05) is 0 Å². The molecule has 1 aromatic carbocycles. The molecule has 1 nitrogen and oxygen atoms in total. The van der Waals surface area contributed by atoms with E-state index in [0.717, 1.165) is 5.56 Å². The highest BCUT2D eigenvalue weighted by atomic mass is 19.1. The monoisotopic (exact) mass is 153 g/mol. The molecule has 59 valence electrons. The van der Waals surface area contributed by atoms with Crippen molar-refractivity contribution in [2.24, 2.45) is 0 Å². The van der Waals surface area contributed by atoms with Crippen LogP contribution in [0, 0.1) is 12.7 Å². The van der Waals surface area contributed by atoms with E-state index in [1.165, 1.54) is 13.2 Å². The van der Waals surface area contributed by atoms with Gasteiger partial charge in [-0.3, -0.25) is 0 Å². The molecular weight excluding hydrogens is 143 g/mol. The van der Waals surface area contributed by atoms with Gasteiger partial charge in [-0.05, 0) is 31.0 Å². The molecule has 0 unspecified atom stereocenters. The fourth-order valence-electron chi connectivity index (χ4n) is 0.860. The number of hydrogen-bond acceptors (Lipinski definition) is 1. The highest BCUT2D eigenvalue weighted by molar-refractivity contribution is 5.30. The van der Waals surface area contributed by atoms with Gasteiger partial charge in [0, 0.05) is 0 Å². The first-order valence-corrected chi connectivity index (χ1v) is 3.39. The Hall–Kier alpha value is -1.05. The fraction of sp³-hybridized carbons (Fsp3) is 0.222. The maximum Gasteiger partial charge on any atom is 0.165 e. The Bertz CT molecular complexity index is 245. The van der Waals surface area contributed by atoms with E-state index in [9.17, 15) is 4.39 Å². The first-order valence-electron chi connectivity index (χ1n) is 3.39. The summed E-state index contributed by atoms with van der Waals surface area (Å²) in [7, 11) is 1.45. The number of rotatable bonds is 2. The van der Waals surface area contributed by atoms with Crippen LogP contribution >= 0.6 is 0 Å². The highest BCUT2D eigenvalue weighted by Crippen LogP contribution is 2.17. The molecule has 1 radical (unpaired) electrons. The molecule has 11 heavy (non-hydrogen) atoms. The molecule has 0 spiro atoms. The van der Waals surface area contributed by atoms with E-state index < -0.39 is 0 Å². The van der Waals surface area contributed by atoms with Gasteiger partial charge < -0.3 is 4.74 Å². The zero-order valence-corrected chi connectivity index (χ0v) is 6.43. The molecule has 0 aromatic heterocycles. The van der Waals surface area contributed by atoms with Crippen LogP contribution in [-0.4, -0.2) is 7.11 Å². The molecule has 0 aliphatic heterocycles. The van der Waals surface area contributed by atoms with Crippen LogP contribution in [0.15, 0.2) is 18.2 Å². The Morgan fingerprint density at radius 3 is 2.82 bits per heavy atom. The van der Waals surface area contributed by atoms with Gasteiger partial charge in [0.15, 0.2) is 11.6 Å². The van der Waals surface area contributed by atoms with Crippen LogP contribution in [0.1, 0.15) is 5.56 Å². The zero-order chi connectivity index (χ0) is 8.27. The van der Waals surface area contributed by atoms with Gasteiger partial charge in [0.25, 0.3) is 0 Å². The summed E-state index contributed by atoms with van der Waals surface area (Å²) in [5, 5.41) is 0. The van der Waals surface area contributed by atoms with Crippen LogP contribution in [0.3, 0.4) is 0 Å². The second-order valence-corrected chi connectivity index (χ2v) is 2.22. The molecule has 0 aliphatic rings. The normalized spacial score (nSPS) is 9.73. The predicted octanol–water partition coefficient (Wildman–Crippen LogP) is 2.21. The van der Waals surface area contributed by atoms with Gasteiger partial charge in [-0.15, -0.1) is 0 Å². The molecule has 1 rings (SSSR count). The number of halogens is 1. The van der Waals surface area contributed by atoms with Crippen LogP contribution in [-0.2, 0) is 6.42 Å². The second kappa shape index (κ2) is 3.37. The quantitative estimate of drug-likeness (QED) is 0.633. The number of hydrogen-bond donors (Lipinski definition) is 0. The van der Waals surface area contributed by atoms with Crippen molar-refractivity contribution in [3.05, 3.63) is 36.5 Å². The number of methoxy groups -OCH3 is 1. The summed E-state index contributed by atoms with van der Waals surface area (Å²) >= 11 is 0. The van der Waals surface area contributed by atoms with Gasteiger partial charge >= 0.3 is 0 Å². The van der Waals surface area contributed by atoms with E-state index in [0.29, 0.717) is 6.42 Å².